The molecule has 68 valence electrons. The lowest BCUT2D eigenvalue weighted by molar-refractivity contribution is -0.136. The van der Waals surface area contributed by atoms with Crippen LogP contribution < -0.4 is 0 Å². The molecule has 0 unspecified atom stereocenters. The van der Waals surface area contributed by atoms with Crippen LogP contribution in [0.2, 0.25) is 0 Å². The van der Waals surface area contributed by atoms with Crippen molar-refractivity contribution in [2.75, 3.05) is 13.2 Å². The van der Waals surface area contributed by atoms with Crippen LogP contribution >= 0.6 is 25.3 Å². The number of hydrogen-bond donors (Lipinski definition) is 5. The van der Waals surface area contributed by atoms with Crippen LogP contribution in [0.3, 0.4) is 0 Å². The number of aliphatic hydroxyl groups excluding tert-OH is 2. The molecular formula is C5H12O4S2. The van der Waals surface area contributed by atoms with Gasteiger partial charge in [0, 0.05) is 0 Å². The Morgan fingerprint density at radius 2 is 1.64 bits per heavy atom. The molecule has 0 aliphatic heterocycles. The highest BCUT2D eigenvalue weighted by Gasteiger charge is 2.00. The van der Waals surface area contributed by atoms with E-state index >= 15 is 0 Å². The van der Waals surface area contributed by atoms with Gasteiger partial charge in [-0.15, -0.1) is 0 Å². The molecule has 0 radical (unpaired) electrons. The van der Waals surface area contributed by atoms with E-state index in [0.717, 1.165) is 0 Å². The average molecular weight is 200 g/mol. The third-order valence-electron chi connectivity index (χ3n) is 0.457. The Hall–Kier alpha value is 0.0900. The molecule has 3 N–H and O–H groups in total. The highest BCUT2D eigenvalue weighted by atomic mass is 32.2. The van der Waals surface area contributed by atoms with Crippen LogP contribution in [0.15, 0.2) is 0 Å². The summed E-state index contributed by atoms with van der Waals surface area (Å²) in [5, 5.41) is 23.2. The quantitative estimate of drug-likeness (QED) is 0.318. The van der Waals surface area contributed by atoms with Gasteiger partial charge >= 0.3 is 5.97 Å². The lowest BCUT2D eigenvalue weighted by atomic mass is 10.5. The molecule has 11 heavy (non-hydrogen) atoms. The van der Waals surface area contributed by atoms with Gasteiger partial charge in [-0.1, -0.05) is 0 Å². The Balaban J connectivity index is 0. The largest absolute Gasteiger partial charge is 0.481 e. The molecule has 0 amide bonds. The van der Waals surface area contributed by atoms with Crippen molar-refractivity contribution in [1.82, 2.24) is 0 Å². The maximum atomic E-state index is 9.71. The van der Waals surface area contributed by atoms with Crippen LogP contribution in [-0.2, 0) is 4.79 Å². The smallest absolute Gasteiger partial charge is 0.305 e. The Morgan fingerprint density at radius 3 is 1.64 bits per heavy atom. The molecule has 0 saturated heterocycles. The van der Waals surface area contributed by atoms with Gasteiger partial charge < -0.3 is 15.3 Å². The van der Waals surface area contributed by atoms with E-state index in [1.807, 2.05) is 0 Å². The summed E-state index contributed by atoms with van der Waals surface area (Å²) in [5.41, 5.74) is 0. The SMILES string of the molecule is O=C(O)CC(S)S.OCCO. The van der Waals surface area contributed by atoms with Gasteiger partial charge in [0.15, 0.2) is 0 Å². The monoisotopic (exact) mass is 200 g/mol. The summed E-state index contributed by atoms with van der Waals surface area (Å²) in [4.78, 5) is 9.71. The van der Waals surface area contributed by atoms with Crippen LogP contribution in [0.4, 0.5) is 0 Å². The number of thiol groups is 2. The van der Waals surface area contributed by atoms with E-state index in [4.69, 9.17) is 15.3 Å². The lowest BCUT2D eigenvalue weighted by Gasteiger charge is -1.92. The second-order valence-corrected chi connectivity index (χ2v) is 3.18. The molecule has 0 heterocycles. The number of rotatable bonds is 3. The third kappa shape index (κ3) is 25.5. The minimum absolute atomic E-state index is 0.00617. The number of carboxylic acid groups (broad SMARTS) is 1. The highest BCUT2D eigenvalue weighted by molar-refractivity contribution is 7.99. The molecule has 0 aromatic carbocycles. The van der Waals surface area contributed by atoms with E-state index in [-0.39, 0.29) is 24.2 Å². The zero-order valence-electron chi connectivity index (χ0n) is 5.84. The van der Waals surface area contributed by atoms with Gasteiger partial charge in [-0.25, -0.2) is 0 Å². The predicted molar refractivity (Wildman–Crippen MR) is 48.2 cm³/mol. The highest BCUT2D eigenvalue weighted by Crippen LogP contribution is 2.03. The van der Waals surface area contributed by atoms with E-state index in [0.29, 0.717) is 0 Å². The summed E-state index contributed by atoms with van der Waals surface area (Å²) in [6, 6.07) is 0. The average Bonchev–Trinajstić information content (AvgIpc) is 1.85. The zero-order valence-corrected chi connectivity index (χ0v) is 7.63. The van der Waals surface area contributed by atoms with Crippen molar-refractivity contribution in [2.24, 2.45) is 0 Å². The molecule has 0 aromatic rings. The van der Waals surface area contributed by atoms with E-state index in [2.05, 4.69) is 25.3 Å². The topological polar surface area (TPSA) is 77.8 Å². The molecule has 4 nitrogen and oxygen atoms in total. The second-order valence-electron chi connectivity index (χ2n) is 1.53. The molecule has 0 aliphatic rings. The first kappa shape index (κ1) is 13.7. The Bertz CT molecular complexity index is 94.5. The first-order valence-electron chi connectivity index (χ1n) is 2.84. The summed E-state index contributed by atoms with van der Waals surface area (Å²) in [6.07, 6.45) is 0.00617. The molecule has 0 aromatic heterocycles. The van der Waals surface area contributed by atoms with Crippen molar-refractivity contribution in [3.05, 3.63) is 0 Å². The first-order valence-corrected chi connectivity index (χ1v) is 3.87. The minimum atomic E-state index is -0.866. The number of aliphatic hydroxyl groups is 2. The Kier molecular flexibility index (Phi) is 12.5. The van der Waals surface area contributed by atoms with E-state index < -0.39 is 5.97 Å². The van der Waals surface area contributed by atoms with Gasteiger partial charge in [-0.3, -0.25) is 4.79 Å². The number of aliphatic carboxylic acids is 1. The Labute approximate surface area is 76.1 Å². The van der Waals surface area contributed by atoms with Crippen LogP contribution in [-0.4, -0.2) is 39.1 Å². The molecule has 0 fully saturated rings. The summed E-state index contributed by atoms with van der Waals surface area (Å²) in [5.74, 6) is -0.866. The third-order valence-corrected chi connectivity index (χ3v) is 0.822. The number of carbonyl (C=O) groups is 1. The van der Waals surface area contributed by atoms with Crippen molar-refractivity contribution in [3.8, 4) is 0 Å². The van der Waals surface area contributed by atoms with E-state index in [9.17, 15) is 4.79 Å². The fraction of sp³-hybridized carbons (Fsp3) is 0.800. The van der Waals surface area contributed by atoms with Gasteiger partial charge in [-0.05, 0) is 0 Å². The maximum absolute atomic E-state index is 9.71. The van der Waals surface area contributed by atoms with Gasteiger partial charge in [0.2, 0.25) is 0 Å². The number of hydrogen-bond acceptors (Lipinski definition) is 5. The zero-order chi connectivity index (χ0) is 9.28. The maximum Gasteiger partial charge on any atom is 0.305 e. The first-order chi connectivity index (χ1) is 5.04. The van der Waals surface area contributed by atoms with Crippen LogP contribution in [0.25, 0.3) is 0 Å². The summed E-state index contributed by atoms with van der Waals surface area (Å²) < 4.78 is -0.336. The van der Waals surface area contributed by atoms with Gasteiger partial charge in [-0.2, -0.15) is 25.3 Å². The molecule has 6 heteroatoms. The summed E-state index contributed by atoms with van der Waals surface area (Å²) >= 11 is 7.44. The molecule has 0 saturated carbocycles. The molecule has 0 atom stereocenters. The molecule has 0 spiro atoms. The lowest BCUT2D eigenvalue weighted by Crippen LogP contribution is -1.99. The molecule has 0 bridgehead atoms. The molecular weight excluding hydrogens is 188 g/mol. The van der Waals surface area contributed by atoms with Crippen molar-refractivity contribution < 1.29 is 20.1 Å². The summed E-state index contributed by atoms with van der Waals surface area (Å²) in [7, 11) is 0. The van der Waals surface area contributed by atoms with Gasteiger partial charge in [0.1, 0.15) is 0 Å². The second kappa shape index (κ2) is 10.1. The number of carboxylic acids is 1. The van der Waals surface area contributed by atoms with Gasteiger partial charge in [0.05, 0.1) is 24.2 Å². The van der Waals surface area contributed by atoms with Crippen LogP contribution in [0.5, 0.6) is 0 Å². The Morgan fingerprint density at radius 1 is 1.27 bits per heavy atom. The van der Waals surface area contributed by atoms with Crippen LogP contribution in [0.1, 0.15) is 6.42 Å². The van der Waals surface area contributed by atoms with Gasteiger partial charge in [0.25, 0.3) is 0 Å². The normalized spacial score (nSPS) is 8.82. The predicted octanol–water partition coefficient (Wildman–Crippen LogP) is -0.382. The van der Waals surface area contributed by atoms with Crippen molar-refractivity contribution in [1.29, 1.82) is 0 Å². The van der Waals surface area contributed by atoms with Crippen LogP contribution in [0, 0.1) is 0 Å². The summed E-state index contributed by atoms with van der Waals surface area (Å²) in [6.45, 7) is -0.250. The van der Waals surface area contributed by atoms with Crippen molar-refractivity contribution in [2.45, 2.75) is 11.0 Å². The van der Waals surface area contributed by atoms with E-state index in [1.54, 1.807) is 0 Å². The fourth-order valence-electron chi connectivity index (χ4n) is 0.156. The molecule has 0 aliphatic carbocycles. The van der Waals surface area contributed by atoms with Crippen molar-refractivity contribution >= 4 is 31.2 Å². The fourth-order valence-corrected chi connectivity index (χ4v) is 0.469. The molecule has 0 rings (SSSR count). The minimum Gasteiger partial charge on any atom is -0.481 e. The van der Waals surface area contributed by atoms with Crippen molar-refractivity contribution in [3.63, 3.8) is 0 Å². The standard InChI is InChI=1S/C3H6O2S2.C2H6O2/c4-2(5)1-3(6)7;3-1-2-4/h3,6-7H,1H2,(H,4,5);3-4H,1-2H2. The van der Waals surface area contributed by atoms with E-state index in [1.165, 1.54) is 0 Å².